The number of aryl methyl sites for hydroxylation is 1. The molecule has 1 aliphatic rings. The van der Waals surface area contributed by atoms with E-state index in [9.17, 15) is 13.2 Å². The normalized spacial score (nSPS) is 17.8. The van der Waals surface area contributed by atoms with Crippen LogP contribution in [0.3, 0.4) is 0 Å². The molecule has 1 aliphatic carbocycles. The number of benzene rings is 2. The summed E-state index contributed by atoms with van der Waals surface area (Å²) in [6, 6.07) is 17.7. The van der Waals surface area contributed by atoms with Crippen molar-refractivity contribution in [1.29, 1.82) is 0 Å². The Morgan fingerprint density at radius 1 is 1.13 bits per heavy atom. The Bertz CT molecular complexity index is 1300. The highest BCUT2D eigenvalue weighted by Gasteiger charge is 2.32. The standard InChI is InChI=1S/C29H36N4O4S/c1-37-23-13-14-25-22(19-23)12-15-28(26(25)18-21-8-7-16-31-20-21)33-29(34)27(30)11-5-6-17-32-38(35,36)24-9-3-2-4-10-24/h2-4,7-10,13-14,16,19-20,26-28,32H,5-6,11-12,15,17-18,30H2,1H3,(H,33,34). The van der Waals surface area contributed by atoms with Gasteiger partial charge in [-0.1, -0.05) is 36.8 Å². The number of ether oxygens (including phenoxy) is 1. The number of fused-ring (bicyclic) bond motifs is 1. The van der Waals surface area contributed by atoms with Crippen LogP contribution in [0.5, 0.6) is 5.75 Å². The number of nitrogens with two attached hydrogens (primary N) is 1. The van der Waals surface area contributed by atoms with E-state index in [0.717, 1.165) is 30.6 Å². The number of nitrogens with zero attached hydrogens (tertiary/aromatic N) is 1. The van der Waals surface area contributed by atoms with Crippen molar-refractivity contribution < 1.29 is 17.9 Å². The Balaban J connectivity index is 1.32. The van der Waals surface area contributed by atoms with Crippen molar-refractivity contribution in [3.05, 3.63) is 89.7 Å². The van der Waals surface area contributed by atoms with Crippen molar-refractivity contribution in [2.45, 2.75) is 61.4 Å². The van der Waals surface area contributed by atoms with Crippen molar-refractivity contribution in [2.24, 2.45) is 5.73 Å². The van der Waals surface area contributed by atoms with Gasteiger partial charge in [-0.3, -0.25) is 9.78 Å². The zero-order valence-corrected chi connectivity index (χ0v) is 22.5. The Hall–Kier alpha value is -3.27. The minimum absolute atomic E-state index is 0.0488. The lowest BCUT2D eigenvalue weighted by Gasteiger charge is -2.35. The first kappa shape index (κ1) is 27.8. The number of pyridine rings is 1. The highest BCUT2D eigenvalue weighted by atomic mass is 32.2. The first-order valence-electron chi connectivity index (χ1n) is 13.0. The van der Waals surface area contributed by atoms with E-state index in [2.05, 4.69) is 33.2 Å². The average molecular weight is 537 g/mol. The van der Waals surface area contributed by atoms with Gasteiger partial charge in [-0.05, 0) is 79.1 Å². The van der Waals surface area contributed by atoms with Crippen LogP contribution in [0.1, 0.15) is 48.3 Å². The van der Waals surface area contributed by atoms with Crippen molar-refractivity contribution in [3.8, 4) is 5.75 Å². The predicted octanol–water partition coefficient (Wildman–Crippen LogP) is 3.32. The van der Waals surface area contributed by atoms with Gasteiger partial charge in [0.25, 0.3) is 0 Å². The van der Waals surface area contributed by atoms with Crippen molar-refractivity contribution in [2.75, 3.05) is 13.7 Å². The number of amides is 1. The van der Waals surface area contributed by atoms with Gasteiger partial charge in [0.1, 0.15) is 5.75 Å². The van der Waals surface area contributed by atoms with E-state index >= 15 is 0 Å². The maximum absolute atomic E-state index is 13.0. The summed E-state index contributed by atoms with van der Waals surface area (Å²) in [5.41, 5.74) is 9.82. The second kappa shape index (κ2) is 13.0. The monoisotopic (exact) mass is 536 g/mol. The largest absolute Gasteiger partial charge is 0.497 e. The molecule has 4 rings (SSSR count). The number of hydrogen-bond donors (Lipinski definition) is 3. The molecule has 0 aliphatic heterocycles. The van der Waals surface area contributed by atoms with Crippen LogP contribution in [0.25, 0.3) is 0 Å². The van der Waals surface area contributed by atoms with Gasteiger partial charge in [0.2, 0.25) is 15.9 Å². The molecule has 0 fully saturated rings. The maximum atomic E-state index is 13.0. The van der Waals surface area contributed by atoms with E-state index < -0.39 is 16.1 Å². The summed E-state index contributed by atoms with van der Waals surface area (Å²) < 4.78 is 32.7. The van der Waals surface area contributed by atoms with Gasteiger partial charge in [0, 0.05) is 30.9 Å². The van der Waals surface area contributed by atoms with Crippen LogP contribution in [-0.2, 0) is 27.7 Å². The molecule has 1 heterocycles. The summed E-state index contributed by atoms with van der Waals surface area (Å²) in [7, 11) is -1.86. The summed E-state index contributed by atoms with van der Waals surface area (Å²) >= 11 is 0. The third-order valence-electron chi connectivity index (χ3n) is 7.09. The average Bonchev–Trinajstić information content (AvgIpc) is 2.94. The van der Waals surface area contributed by atoms with Crippen molar-refractivity contribution >= 4 is 15.9 Å². The van der Waals surface area contributed by atoms with Gasteiger partial charge < -0.3 is 15.8 Å². The highest BCUT2D eigenvalue weighted by Crippen LogP contribution is 2.36. The molecule has 8 nitrogen and oxygen atoms in total. The number of sulfonamides is 1. The van der Waals surface area contributed by atoms with E-state index in [4.69, 9.17) is 10.5 Å². The quantitative estimate of drug-likeness (QED) is 0.305. The Kier molecular flexibility index (Phi) is 9.49. The minimum atomic E-state index is -3.53. The number of nitrogens with one attached hydrogen (secondary N) is 2. The predicted molar refractivity (Wildman–Crippen MR) is 147 cm³/mol. The molecule has 3 atom stereocenters. The fourth-order valence-corrected chi connectivity index (χ4v) is 6.11. The van der Waals surface area contributed by atoms with Gasteiger partial charge in [0.15, 0.2) is 0 Å². The van der Waals surface area contributed by atoms with Crippen LogP contribution in [-0.4, -0.2) is 45.0 Å². The second-order valence-corrected chi connectivity index (χ2v) is 11.5. The number of unbranched alkanes of at least 4 members (excludes halogenated alkanes) is 1. The van der Waals surface area contributed by atoms with Gasteiger partial charge >= 0.3 is 0 Å². The Labute approximate surface area is 225 Å². The zero-order valence-electron chi connectivity index (χ0n) is 21.7. The fraction of sp³-hybridized carbons (Fsp3) is 0.379. The van der Waals surface area contributed by atoms with E-state index in [-0.39, 0.29) is 22.8 Å². The number of carbonyl (C=O) groups is 1. The third-order valence-corrected chi connectivity index (χ3v) is 8.57. The Morgan fingerprint density at radius 2 is 1.95 bits per heavy atom. The van der Waals surface area contributed by atoms with E-state index in [1.165, 1.54) is 11.1 Å². The van der Waals surface area contributed by atoms with Crippen LogP contribution in [0, 0.1) is 0 Å². The zero-order chi connectivity index (χ0) is 27.0. The van der Waals surface area contributed by atoms with Crippen LogP contribution in [0.4, 0.5) is 0 Å². The second-order valence-electron chi connectivity index (χ2n) is 9.70. The topological polar surface area (TPSA) is 123 Å². The summed E-state index contributed by atoms with van der Waals surface area (Å²) in [6.45, 7) is 0.293. The molecule has 2 aromatic carbocycles. The molecular weight excluding hydrogens is 500 g/mol. The molecule has 3 unspecified atom stereocenters. The SMILES string of the molecule is COc1ccc2c(c1)CCC(NC(=O)C(N)CCCCNS(=O)(=O)c1ccccc1)C2Cc1cccnc1. The van der Waals surface area contributed by atoms with Gasteiger partial charge in [-0.25, -0.2) is 13.1 Å². The molecule has 3 aromatic rings. The number of hydrogen-bond acceptors (Lipinski definition) is 6. The molecule has 9 heteroatoms. The van der Waals surface area contributed by atoms with E-state index in [1.807, 2.05) is 18.3 Å². The van der Waals surface area contributed by atoms with Crippen molar-refractivity contribution in [3.63, 3.8) is 0 Å². The van der Waals surface area contributed by atoms with Crippen LogP contribution < -0.4 is 20.5 Å². The summed E-state index contributed by atoms with van der Waals surface area (Å²) in [6.07, 6.45) is 7.75. The summed E-state index contributed by atoms with van der Waals surface area (Å²) in [4.78, 5) is 17.5. The summed E-state index contributed by atoms with van der Waals surface area (Å²) in [5, 5.41) is 3.22. The molecule has 0 spiro atoms. The van der Waals surface area contributed by atoms with Crippen LogP contribution in [0.2, 0.25) is 0 Å². The minimum Gasteiger partial charge on any atom is -0.497 e. The lowest BCUT2D eigenvalue weighted by molar-refractivity contribution is -0.123. The lowest BCUT2D eigenvalue weighted by atomic mass is 9.76. The highest BCUT2D eigenvalue weighted by molar-refractivity contribution is 7.89. The molecule has 0 saturated carbocycles. The molecular formula is C29H36N4O4S. The van der Waals surface area contributed by atoms with E-state index in [1.54, 1.807) is 43.6 Å². The first-order chi connectivity index (χ1) is 18.4. The molecule has 38 heavy (non-hydrogen) atoms. The van der Waals surface area contributed by atoms with Gasteiger partial charge in [-0.15, -0.1) is 0 Å². The number of rotatable bonds is 12. The molecule has 0 bridgehead atoms. The fourth-order valence-electron chi connectivity index (χ4n) is 5.01. The molecule has 1 amide bonds. The van der Waals surface area contributed by atoms with Crippen LogP contribution >= 0.6 is 0 Å². The maximum Gasteiger partial charge on any atom is 0.240 e. The van der Waals surface area contributed by atoms with E-state index in [0.29, 0.717) is 25.8 Å². The number of methoxy groups -OCH3 is 1. The lowest BCUT2D eigenvalue weighted by Crippen LogP contribution is -2.49. The van der Waals surface area contributed by atoms with Gasteiger partial charge in [-0.2, -0.15) is 0 Å². The molecule has 0 radical (unpaired) electrons. The molecule has 202 valence electrons. The molecule has 1 aromatic heterocycles. The Morgan fingerprint density at radius 3 is 2.68 bits per heavy atom. The molecule has 0 saturated heterocycles. The van der Waals surface area contributed by atoms with Crippen LogP contribution in [0.15, 0.2) is 78.0 Å². The van der Waals surface area contributed by atoms with Crippen molar-refractivity contribution in [1.82, 2.24) is 15.0 Å². The number of aromatic nitrogens is 1. The summed E-state index contributed by atoms with van der Waals surface area (Å²) in [5.74, 6) is 0.754. The number of carbonyl (C=O) groups excluding carboxylic acids is 1. The first-order valence-corrected chi connectivity index (χ1v) is 14.5. The third kappa shape index (κ3) is 7.18. The van der Waals surface area contributed by atoms with Gasteiger partial charge in [0.05, 0.1) is 18.0 Å². The molecule has 4 N–H and O–H groups in total. The smallest absolute Gasteiger partial charge is 0.240 e.